The van der Waals surface area contributed by atoms with Crippen molar-refractivity contribution in [2.24, 2.45) is 5.73 Å². The molecule has 0 aliphatic carbocycles. The Bertz CT molecular complexity index is 1490. The van der Waals surface area contributed by atoms with E-state index in [0.717, 1.165) is 27.7 Å². The molecule has 202 valence electrons. The first-order valence-corrected chi connectivity index (χ1v) is 14.8. The third-order valence-electron chi connectivity index (χ3n) is 7.92. The van der Waals surface area contributed by atoms with Gasteiger partial charge in [-0.25, -0.2) is 8.42 Å². The molecule has 1 fully saturated rings. The van der Waals surface area contributed by atoms with Gasteiger partial charge in [0.1, 0.15) is 11.4 Å². The van der Waals surface area contributed by atoms with Crippen molar-refractivity contribution in [2.75, 3.05) is 24.7 Å². The second-order valence-electron chi connectivity index (χ2n) is 11.3. The highest BCUT2D eigenvalue weighted by Gasteiger charge is 2.50. The Morgan fingerprint density at radius 2 is 1.89 bits per heavy atom. The lowest BCUT2D eigenvalue weighted by atomic mass is 9.74. The smallest absolute Gasteiger partial charge is 0.246 e. The summed E-state index contributed by atoms with van der Waals surface area (Å²) in [5.41, 5.74) is 8.33. The lowest BCUT2D eigenvalue weighted by Crippen LogP contribution is -2.61. The number of piperidine rings is 1. The van der Waals surface area contributed by atoms with Crippen LogP contribution in [0.1, 0.15) is 37.8 Å². The first kappa shape index (κ1) is 26.2. The fourth-order valence-electron chi connectivity index (χ4n) is 5.79. The van der Waals surface area contributed by atoms with Crippen LogP contribution in [-0.2, 0) is 31.3 Å². The third kappa shape index (κ3) is 4.78. The summed E-state index contributed by atoms with van der Waals surface area (Å²) in [6.45, 7) is 4.03. The van der Waals surface area contributed by atoms with Gasteiger partial charge in [-0.3, -0.25) is 9.59 Å². The van der Waals surface area contributed by atoms with Crippen LogP contribution in [0.4, 0.5) is 5.69 Å². The number of likely N-dealkylation sites (tertiary alicyclic amines) is 1. The second-order valence-corrected chi connectivity index (χ2v) is 13.5. The summed E-state index contributed by atoms with van der Waals surface area (Å²) in [6, 6.07) is 14.7. The van der Waals surface area contributed by atoms with Gasteiger partial charge in [0.2, 0.25) is 11.8 Å². The van der Waals surface area contributed by atoms with Gasteiger partial charge in [0, 0.05) is 54.0 Å². The number of rotatable bonds is 6. The van der Waals surface area contributed by atoms with Gasteiger partial charge in [-0.2, -0.15) is 0 Å². The summed E-state index contributed by atoms with van der Waals surface area (Å²) in [7, 11) is -3.64. The van der Waals surface area contributed by atoms with E-state index in [2.05, 4.69) is 15.6 Å². The molecule has 9 nitrogen and oxygen atoms in total. The SMILES string of the molecule is CC(C)(N)C(=O)N[C@H](Cc1c[nH]c2ccccc12)C(=O)N1CCC2(CNc3ccccc32)CC1S(C)(=O)=O. The Morgan fingerprint density at radius 3 is 2.63 bits per heavy atom. The van der Waals surface area contributed by atoms with Gasteiger partial charge in [-0.15, -0.1) is 0 Å². The van der Waals surface area contributed by atoms with Crippen LogP contribution in [-0.4, -0.2) is 66.4 Å². The molecule has 5 N–H and O–H groups in total. The number of aromatic amines is 1. The number of para-hydroxylation sites is 2. The van der Waals surface area contributed by atoms with Crippen LogP contribution in [0.5, 0.6) is 0 Å². The van der Waals surface area contributed by atoms with Gasteiger partial charge in [-0.05, 0) is 49.9 Å². The molecular weight excluding hydrogens is 502 g/mol. The number of sulfone groups is 1. The number of carbonyl (C=O) groups excluding carboxylic acids is 2. The van der Waals surface area contributed by atoms with Crippen molar-refractivity contribution in [1.29, 1.82) is 0 Å². The molecule has 5 rings (SSSR count). The fraction of sp³-hybridized carbons (Fsp3) is 0.429. The van der Waals surface area contributed by atoms with E-state index in [9.17, 15) is 18.0 Å². The Balaban J connectivity index is 1.48. The molecule has 2 aliphatic heterocycles. The highest BCUT2D eigenvalue weighted by atomic mass is 32.2. The Hall–Kier alpha value is -3.37. The number of H-pyrrole nitrogens is 1. The molecular formula is C28H35N5O4S. The minimum Gasteiger partial charge on any atom is -0.384 e. The van der Waals surface area contributed by atoms with E-state index in [0.29, 0.717) is 13.0 Å². The van der Waals surface area contributed by atoms with Crippen molar-refractivity contribution < 1.29 is 18.0 Å². The topological polar surface area (TPSA) is 137 Å². The number of hydrogen-bond acceptors (Lipinski definition) is 6. The lowest BCUT2D eigenvalue weighted by molar-refractivity contribution is -0.139. The zero-order chi connectivity index (χ0) is 27.3. The molecule has 2 aliphatic rings. The highest BCUT2D eigenvalue weighted by molar-refractivity contribution is 7.91. The number of benzene rings is 2. The molecule has 3 aromatic rings. The van der Waals surface area contributed by atoms with Gasteiger partial charge in [0.05, 0.1) is 5.54 Å². The number of amides is 2. The van der Waals surface area contributed by atoms with Gasteiger partial charge in [0.15, 0.2) is 9.84 Å². The molecule has 10 heteroatoms. The number of anilines is 1. The van der Waals surface area contributed by atoms with Gasteiger partial charge in [-0.1, -0.05) is 36.4 Å². The van der Waals surface area contributed by atoms with Gasteiger partial charge < -0.3 is 26.3 Å². The summed E-state index contributed by atoms with van der Waals surface area (Å²) in [5.74, 6) is -0.897. The number of nitrogens with two attached hydrogens (primary N) is 1. The Kier molecular flexibility index (Phi) is 6.51. The van der Waals surface area contributed by atoms with Crippen LogP contribution in [0.25, 0.3) is 10.9 Å². The van der Waals surface area contributed by atoms with Crippen LogP contribution in [0.15, 0.2) is 54.7 Å². The first-order chi connectivity index (χ1) is 17.9. The summed E-state index contributed by atoms with van der Waals surface area (Å²) in [4.78, 5) is 31.7. The molecule has 1 aromatic heterocycles. The molecule has 2 unspecified atom stereocenters. The quantitative estimate of drug-likeness (QED) is 0.381. The van der Waals surface area contributed by atoms with E-state index in [1.54, 1.807) is 13.8 Å². The number of fused-ring (bicyclic) bond motifs is 3. The van der Waals surface area contributed by atoms with Crippen molar-refractivity contribution in [2.45, 2.75) is 55.5 Å². The zero-order valence-corrected chi connectivity index (χ0v) is 22.8. The van der Waals surface area contributed by atoms with E-state index in [1.807, 2.05) is 54.7 Å². The van der Waals surface area contributed by atoms with Crippen molar-refractivity contribution in [3.05, 3.63) is 65.9 Å². The maximum atomic E-state index is 14.1. The number of nitrogens with zero attached hydrogens (tertiary/aromatic N) is 1. The summed E-state index contributed by atoms with van der Waals surface area (Å²) in [5, 5.41) is 6.18. The maximum Gasteiger partial charge on any atom is 0.246 e. The molecule has 0 radical (unpaired) electrons. The number of carbonyl (C=O) groups is 2. The van der Waals surface area contributed by atoms with Gasteiger partial charge >= 0.3 is 0 Å². The Morgan fingerprint density at radius 1 is 1.18 bits per heavy atom. The predicted octanol–water partition coefficient (Wildman–Crippen LogP) is 2.29. The summed E-state index contributed by atoms with van der Waals surface area (Å²) >= 11 is 0. The average Bonchev–Trinajstić information content (AvgIpc) is 3.44. The largest absolute Gasteiger partial charge is 0.384 e. The predicted molar refractivity (Wildman–Crippen MR) is 148 cm³/mol. The monoisotopic (exact) mass is 537 g/mol. The third-order valence-corrected chi connectivity index (χ3v) is 9.33. The minimum absolute atomic E-state index is 0.202. The number of nitrogens with one attached hydrogen (secondary N) is 3. The fourth-order valence-corrected chi connectivity index (χ4v) is 7.08. The number of hydrogen-bond donors (Lipinski definition) is 4. The van der Waals surface area contributed by atoms with E-state index in [4.69, 9.17) is 5.73 Å². The molecule has 3 atom stereocenters. The minimum atomic E-state index is -3.64. The first-order valence-electron chi connectivity index (χ1n) is 12.9. The van der Waals surface area contributed by atoms with E-state index in [-0.39, 0.29) is 24.8 Å². The number of aromatic nitrogens is 1. The molecule has 1 spiro atoms. The standard InChI is InChI=1S/C28H35N5O4S/c1-27(2,29)26(35)32-23(14-18-16-30-21-10-6-4-8-19(18)21)25(34)33-13-12-28(15-24(33)38(3,36)37)17-31-22-11-7-5-9-20(22)28/h4-11,16,23-24,30-31H,12-15,17,29H2,1-3H3,(H,32,35)/t23-,24?,28?/m1/s1. The Labute approximate surface area is 223 Å². The molecule has 0 bridgehead atoms. The summed E-state index contributed by atoms with van der Waals surface area (Å²) < 4.78 is 26.2. The zero-order valence-electron chi connectivity index (χ0n) is 22.0. The maximum absolute atomic E-state index is 14.1. The second kappa shape index (κ2) is 9.43. The van der Waals surface area contributed by atoms with Crippen molar-refractivity contribution in [3.8, 4) is 0 Å². The van der Waals surface area contributed by atoms with Crippen LogP contribution in [0, 0.1) is 0 Å². The van der Waals surface area contributed by atoms with Gasteiger partial charge in [0.25, 0.3) is 0 Å². The molecule has 38 heavy (non-hydrogen) atoms. The molecule has 2 amide bonds. The van der Waals surface area contributed by atoms with Crippen molar-refractivity contribution in [1.82, 2.24) is 15.2 Å². The van der Waals surface area contributed by atoms with Crippen molar-refractivity contribution >= 4 is 38.2 Å². The molecule has 2 aromatic carbocycles. The van der Waals surface area contributed by atoms with E-state index >= 15 is 0 Å². The highest BCUT2D eigenvalue weighted by Crippen LogP contribution is 2.46. The van der Waals surface area contributed by atoms with Crippen LogP contribution in [0.3, 0.4) is 0 Å². The normalized spacial score (nSPS) is 22.2. The molecule has 0 saturated carbocycles. The summed E-state index contributed by atoms with van der Waals surface area (Å²) in [6.07, 6.45) is 4.11. The lowest BCUT2D eigenvalue weighted by Gasteiger charge is -2.45. The average molecular weight is 538 g/mol. The molecule has 3 heterocycles. The van der Waals surface area contributed by atoms with E-state index < -0.39 is 38.6 Å². The van der Waals surface area contributed by atoms with Crippen LogP contribution in [0.2, 0.25) is 0 Å². The van der Waals surface area contributed by atoms with Crippen LogP contribution < -0.4 is 16.4 Å². The van der Waals surface area contributed by atoms with E-state index in [1.165, 1.54) is 11.2 Å². The van der Waals surface area contributed by atoms with Crippen molar-refractivity contribution in [3.63, 3.8) is 0 Å². The molecule has 1 saturated heterocycles. The van der Waals surface area contributed by atoms with Crippen LogP contribution >= 0.6 is 0 Å².